The Labute approximate surface area is 231 Å². The number of allylic oxidation sites excluding steroid dienone is 2. The van der Waals surface area contributed by atoms with Crippen LogP contribution in [0.1, 0.15) is 61.9 Å². The Balaban J connectivity index is 1.41. The first-order valence-electron chi connectivity index (χ1n) is 14.3. The highest BCUT2D eigenvalue weighted by molar-refractivity contribution is 5.80. The molecule has 208 valence electrons. The summed E-state index contributed by atoms with van der Waals surface area (Å²) in [5, 5.41) is 6.52. The van der Waals surface area contributed by atoms with Gasteiger partial charge in [-0.2, -0.15) is 0 Å². The molecular formula is C31H42N6O2. The number of hydrogen-bond acceptors (Lipinski definition) is 6. The molecule has 0 radical (unpaired) electrons. The van der Waals surface area contributed by atoms with Crippen LogP contribution in [0.15, 0.2) is 52.7 Å². The van der Waals surface area contributed by atoms with Crippen LogP contribution in [0.2, 0.25) is 0 Å². The molecule has 0 saturated carbocycles. The molecule has 8 heteroatoms. The topological polar surface area (TPSA) is 93.4 Å². The molecule has 5 rings (SSSR count). The number of anilines is 1. The van der Waals surface area contributed by atoms with Crippen LogP contribution < -0.4 is 21.1 Å². The van der Waals surface area contributed by atoms with E-state index in [1.165, 1.54) is 11.3 Å². The average molecular weight is 531 g/mol. The van der Waals surface area contributed by atoms with Crippen molar-refractivity contribution >= 4 is 11.7 Å². The van der Waals surface area contributed by atoms with Crippen LogP contribution in [0.25, 0.3) is 0 Å². The van der Waals surface area contributed by atoms with Gasteiger partial charge in [-0.15, -0.1) is 0 Å². The van der Waals surface area contributed by atoms with Crippen LogP contribution in [0.5, 0.6) is 0 Å². The summed E-state index contributed by atoms with van der Waals surface area (Å²) in [6, 6.07) is 6.60. The van der Waals surface area contributed by atoms with E-state index in [2.05, 4.69) is 70.6 Å². The van der Waals surface area contributed by atoms with Gasteiger partial charge in [-0.1, -0.05) is 19.1 Å². The quantitative estimate of drug-likeness (QED) is 0.505. The molecule has 3 unspecified atom stereocenters. The lowest BCUT2D eigenvalue weighted by atomic mass is 9.72. The fourth-order valence-corrected chi connectivity index (χ4v) is 6.34. The largest absolute Gasteiger partial charge is 0.354 e. The second kappa shape index (κ2) is 11.4. The van der Waals surface area contributed by atoms with E-state index in [1.807, 2.05) is 26.1 Å². The van der Waals surface area contributed by atoms with E-state index < -0.39 is 0 Å². The monoisotopic (exact) mass is 530 g/mol. The van der Waals surface area contributed by atoms with Crippen molar-refractivity contribution in [2.45, 2.75) is 66.0 Å². The van der Waals surface area contributed by atoms with E-state index in [1.54, 1.807) is 0 Å². The van der Waals surface area contributed by atoms with Crippen LogP contribution >= 0.6 is 0 Å². The normalized spacial score (nSPS) is 23.7. The van der Waals surface area contributed by atoms with Gasteiger partial charge in [-0.3, -0.25) is 9.59 Å². The minimum absolute atomic E-state index is 0.000812. The molecule has 3 N–H and O–H groups in total. The highest BCUT2D eigenvalue weighted by atomic mass is 16.2. The van der Waals surface area contributed by atoms with Crippen molar-refractivity contribution in [2.75, 3.05) is 31.1 Å². The first-order valence-corrected chi connectivity index (χ1v) is 14.3. The number of rotatable bonds is 7. The summed E-state index contributed by atoms with van der Waals surface area (Å²) in [6.45, 7) is 14.5. The van der Waals surface area contributed by atoms with Gasteiger partial charge in [0.2, 0.25) is 5.91 Å². The average Bonchev–Trinajstić information content (AvgIpc) is 3.28. The summed E-state index contributed by atoms with van der Waals surface area (Å²) in [7, 11) is 0. The maximum absolute atomic E-state index is 13.8. The summed E-state index contributed by atoms with van der Waals surface area (Å²) in [5.74, 6) is 0.916. The summed E-state index contributed by atoms with van der Waals surface area (Å²) in [6.07, 6.45) is 8.31. The lowest BCUT2D eigenvalue weighted by Crippen LogP contribution is -2.43. The third-order valence-electron chi connectivity index (χ3n) is 8.71. The Morgan fingerprint density at radius 2 is 1.97 bits per heavy atom. The first-order chi connectivity index (χ1) is 18.8. The van der Waals surface area contributed by atoms with Crippen LogP contribution in [-0.2, 0) is 11.3 Å². The molecule has 2 aliphatic heterocycles. The fourth-order valence-electron chi connectivity index (χ4n) is 6.34. The predicted molar refractivity (Wildman–Crippen MR) is 155 cm³/mol. The van der Waals surface area contributed by atoms with Gasteiger partial charge in [0, 0.05) is 80.0 Å². The zero-order chi connectivity index (χ0) is 27.7. The third kappa shape index (κ3) is 5.53. The highest BCUT2D eigenvalue weighted by Gasteiger charge is 2.43. The number of carbonyl (C=O) groups excluding carboxylic acids is 1. The molecule has 1 saturated heterocycles. The molecule has 1 aliphatic carbocycles. The predicted octanol–water partition coefficient (Wildman–Crippen LogP) is 3.73. The molecule has 8 nitrogen and oxygen atoms in total. The summed E-state index contributed by atoms with van der Waals surface area (Å²) in [5.41, 5.74) is 5.78. The second-order valence-corrected chi connectivity index (χ2v) is 11.4. The Morgan fingerprint density at radius 1 is 1.21 bits per heavy atom. The van der Waals surface area contributed by atoms with Crippen molar-refractivity contribution in [3.8, 4) is 0 Å². The van der Waals surface area contributed by atoms with Crippen molar-refractivity contribution in [3.63, 3.8) is 0 Å². The molecule has 2 aromatic heterocycles. The standard InChI is InChI=1S/C31H42N6O2/c1-6-22(5)37-18-20(3)29-25(30(38)34-17-26-19(2)13-21(4)35-31(26)39)14-24(15-27(29)37)23-7-8-28(33-16-23)36-11-9-32-10-12-36/h7-8,13,15-16,18,22,24-25,29,32H,6,9-12,14,17H2,1-5H3,(H,34,38)(H,35,39)/t22-,24?,25?,29?/m0/s1. The van der Waals surface area contributed by atoms with Crippen molar-refractivity contribution < 1.29 is 4.79 Å². The molecule has 3 aliphatic rings. The molecule has 4 atom stereocenters. The van der Waals surface area contributed by atoms with Crippen molar-refractivity contribution in [1.82, 2.24) is 25.5 Å². The zero-order valence-electron chi connectivity index (χ0n) is 23.9. The van der Waals surface area contributed by atoms with Gasteiger partial charge in [-0.25, -0.2) is 4.98 Å². The Morgan fingerprint density at radius 3 is 2.64 bits per heavy atom. The van der Waals surface area contributed by atoms with Crippen molar-refractivity contribution in [1.29, 1.82) is 0 Å². The number of nitrogens with one attached hydrogen (secondary N) is 3. The molecule has 0 spiro atoms. The summed E-state index contributed by atoms with van der Waals surface area (Å²) >= 11 is 0. The van der Waals surface area contributed by atoms with E-state index in [0.717, 1.165) is 55.2 Å². The molecule has 0 bridgehead atoms. The fraction of sp³-hybridized carbons (Fsp3) is 0.516. The SMILES string of the molecule is CC[C@H](C)N1C=C(C)C2C1=CC(c1ccc(N3CCNCC3)nc1)CC2C(=O)NCc1c(C)cc(C)[nH]c1=O. The summed E-state index contributed by atoms with van der Waals surface area (Å²) < 4.78 is 0. The van der Waals surface area contributed by atoms with E-state index >= 15 is 0 Å². The highest BCUT2D eigenvalue weighted by Crippen LogP contribution is 2.47. The maximum Gasteiger partial charge on any atom is 0.253 e. The first kappa shape index (κ1) is 27.2. The third-order valence-corrected chi connectivity index (χ3v) is 8.71. The van der Waals surface area contributed by atoms with Crippen LogP contribution in [0.4, 0.5) is 5.82 Å². The number of piperazine rings is 1. The molecule has 39 heavy (non-hydrogen) atoms. The van der Waals surface area contributed by atoms with Crippen molar-refractivity contribution in [3.05, 3.63) is 80.7 Å². The number of H-pyrrole nitrogens is 1. The van der Waals surface area contributed by atoms with Crippen LogP contribution in [-0.4, -0.2) is 53.0 Å². The zero-order valence-corrected chi connectivity index (χ0v) is 23.9. The van der Waals surface area contributed by atoms with Gasteiger partial charge in [-0.05, 0) is 69.4 Å². The number of pyridine rings is 2. The minimum atomic E-state index is -0.224. The van der Waals surface area contributed by atoms with Gasteiger partial charge in [0.05, 0.1) is 5.92 Å². The van der Waals surface area contributed by atoms with E-state index in [9.17, 15) is 9.59 Å². The number of amides is 1. The van der Waals surface area contributed by atoms with E-state index in [-0.39, 0.29) is 35.8 Å². The smallest absolute Gasteiger partial charge is 0.253 e. The second-order valence-electron chi connectivity index (χ2n) is 11.4. The molecule has 2 aromatic rings. The summed E-state index contributed by atoms with van der Waals surface area (Å²) in [4.78, 5) is 38.7. The number of aryl methyl sites for hydroxylation is 2. The molecular weight excluding hydrogens is 488 g/mol. The van der Waals surface area contributed by atoms with Gasteiger partial charge in [0.25, 0.3) is 5.56 Å². The van der Waals surface area contributed by atoms with Crippen LogP contribution in [0, 0.1) is 25.7 Å². The van der Waals surface area contributed by atoms with E-state index in [0.29, 0.717) is 18.0 Å². The molecule has 0 aromatic carbocycles. The number of carbonyl (C=O) groups is 1. The van der Waals surface area contributed by atoms with Crippen LogP contribution in [0.3, 0.4) is 0 Å². The molecule has 4 heterocycles. The number of aromatic amines is 1. The Bertz CT molecular complexity index is 1320. The molecule has 1 amide bonds. The van der Waals surface area contributed by atoms with Crippen molar-refractivity contribution in [2.24, 2.45) is 11.8 Å². The number of hydrogen-bond donors (Lipinski definition) is 3. The van der Waals surface area contributed by atoms with Gasteiger partial charge in [0.1, 0.15) is 5.82 Å². The van der Waals surface area contributed by atoms with Gasteiger partial charge < -0.3 is 25.4 Å². The Hall–Kier alpha value is -3.39. The molecule has 1 fully saturated rings. The number of nitrogens with zero attached hydrogens (tertiary/aromatic N) is 3. The number of fused-ring (bicyclic) bond motifs is 1. The Kier molecular flexibility index (Phi) is 7.93. The lowest BCUT2D eigenvalue weighted by molar-refractivity contribution is -0.126. The maximum atomic E-state index is 13.8. The van der Waals surface area contributed by atoms with Gasteiger partial charge >= 0.3 is 0 Å². The number of aromatic nitrogens is 2. The van der Waals surface area contributed by atoms with Gasteiger partial charge in [0.15, 0.2) is 0 Å². The van der Waals surface area contributed by atoms with E-state index in [4.69, 9.17) is 4.98 Å². The minimum Gasteiger partial charge on any atom is -0.354 e. The lowest BCUT2D eigenvalue weighted by Gasteiger charge is -2.37.